The highest BCUT2D eigenvalue weighted by molar-refractivity contribution is 6.29. The maximum atomic E-state index is 9.91. The largest absolute Gasteiger partial charge is 0.453 e. The molecule has 1 unspecified atom stereocenters. The van der Waals surface area contributed by atoms with Gasteiger partial charge in [0.2, 0.25) is 0 Å². The zero-order chi connectivity index (χ0) is 11.4. The fraction of sp³-hybridized carbons (Fsp3) is 0.231. The van der Waals surface area contributed by atoms with Gasteiger partial charge in [-0.1, -0.05) is 30.3 Å². The average molecular weight is 237 g/mol. The van der Waals surface area contributed by atoms with Crippen LogP contribution in [0.1, 0.15) is 23.7 Å². The second kappa shape index (κ2) is 5.19. The van der Waals surface area contributed by atoms with Gasteiger partial charge in [-0.25, -0.2) is 0 Å². The molecule has 0 fully saturated rings. The fourth-order valence-corrected chi connectivity index (χ4v) is 1.89. The highest BCUT2D eigenvalue weighted by Crippen LogP contribution is 2.26. The van der Waals surface area contributed by atoms with Gasteiger partial charge in [-0.15, -0.1) is 0 Å². The lowest BCUT2D eigenvalue weighted by molar-refractivity contribution is 0.167. The lowest BCUT2D eigenvalue weighted by Crippen LogP contribution is -1.98. The molecular formula is C13H13ClO2. The van der Waals surface area contributed by atoms with Crippen molar-refractivity contribution in [1.82, 2.24) is 0 Å². The molecular weight excluding hydrogens is 224 g/mol. The molecule has 0 bridgehead atoms. The molecule has 2 aromatic rings. The minimum atomic E-state index is -0.563. The first-order chi connectivity index (χ1) is 7.77. The maximum absolute atomic E-state index is 9.91. The predicted octanol–water partition coefficient (Wildman–Crippen LogP) is 3.60. The number of aliphatic hydroxyl groups is 1. The molecule has 0 amide bonds. The molecule has 16 heavy (non-hydrogen) atoms. The molecule has 1 aromatic carbocycles. The van der Waals surface area contributed by atoms with Crippen LogP contribution in [-0.2, 0) is 6.42 Å². The molecule has 3 heteroatoms. The van der Waals surface area contributed by atoms with Crippen LogP contribution in [0.4, 0.5) is 0 Å². The number of benzene rings is 1. The van der Waals surface area contributed by atoms with Gasteiger partial charge in [0.05, 0.1) is 12.4 Å². The van der Waals surface area contributed by atoms with Crippen LogP contribution in [0.5, 0.6) is 0 Å². The number of furan rings is 1. The first-order valence-corrected chi connectivity index (χ1v) is 5.60. The number of aliphatic hydroxyl groups excluding tert-OH is 1. The van der Waals surface area contributed by atoms with Gasteiger partial charge < -0.3 is 9.52 Å². The summed E-state index contributed by atoms with van der Waals surface area (Å²) in [5.41, 5.74) is 1.87. The minimum Gasteiger partial charge on any atom is -0.453 e. The van der Waals surface area contributed by atoms with Crippen LogP contribution in [0.15, 0.2) is 47.1 Å². The van der Waals surface area contributed by atoms with Crippen molar-refractivity contribution in [1.29, 1.82) is 0 Å². The summed E-state index contributed by atoms with van der Waals surface area (Å²) in [6, 6.07) is 11.8. The van der Waals surface area contributed by atoms with Gasteiger partial charge in [-0.2, -0.15) is 0 Å². The molecule has 1 atom stereocenters. The van der Waals surface area contributed by atoms with Gasteiger partial charge in [0.15, 0.2) is 5.22 Å². The Morgan fingerprint density at radius 2 is 1.94 bits per heavy atom. The van der Waals surface area contributed by atoms with Crippen LogP contribution in [0.3, 0.4) is 0 Å². The van der Waals surface area contributed by atoms with E-state index in [-0.39, 0.29) is 5.22 Å². The molecule has 0 saturated carbocycles. The first kappa shape index (κ1) is 11.2. The monoisotopic (exact) mass is 236 g/mol. The summed E-state index contributed by atoms with van der Waals surface area (Å²) >= 11 is 5.79. The molecule has 0 spiro atoms. The predicted molar refractivity (Wildman–Crippen MR) is 63.4 cm³/mol. The van der Waals surface area contributed by atoms with Crippen molar-refractivity contribution < 1.29 is 9.52 Å². The fourth-order valence-electron chi connectivity index (χ4n) is 1.65. The quantitative estimate of drug-likeness (QED) is 0.880. The Balaban J connectivity index is 1.94. The molecule has 2 nitrogen and oxygen atoms in total. The van der Waals surface area contributed by atoms with Crippen molar-refractivity contribution in [3.63, 3.8) is 0 Å². The van der Waals surface area contributed by atoms with Crippen molar-refractivity contribution in [2.45, 2.75) is 18.9 Å². The van der Waals surface area contributed by atoms with Crippen LogP contribution in [0.2, 0.25) is 5.22 Å². The Morgan fingerprint density at radius 3 is 2.56 bits per heavy atom. The standard InChI is InChI=1S/C13H13ClO2/c14-13-11(8-9-16-13)12(15)7-6-10-4-2-1-3-5-10/h1-5,8-9,12,15H,6-7H2. The highest BCUT2D eigenvalue weighted by atomic mass is 35.5. The molecule has 2 rings (SSSR count). The molecule has 1 N–H and O–H groups in total. The van der Waals surface area contributed by atoms with Gasteiger partial charge in [-0.05, 0) is 36.1 Å². The van der Waals surface area contributed by atoms with Gasteiger partial charge >= 0.3 is 0 Å². The van der Waals surface area contributed by atoms with E-state index in [0.717, 1.165) is 6.42 Å². The van der Waals surface area contributed by atoms with Crippen LogP contribution in [0.25, 0.3) is 0 Å². The van der Waals surface area contributed by atoms with Crippen molar-refractivity contribution in [2.24, 2.45) is 0 Å². The maximum Gasteiger partial charge on any atom is 0.198 e. The van der Waals surface area contributed by atoms with Crippen molar-refractivity contribution in [3.8, 4) is 0 Å². The molecule has 84 valence electrons. The van der Waals surface area contributed by atoms with E-state index in [4.69, 9.17) is 16.0 Å². The normalized spacial score (nSPS) is 12.6. The molecule has 1 aromatic heterocycles. The Morgan fingerprint density at radius 1 is 1.19 bits per heavy atom. The Labute approximate surface area is 99.5 Å². The smallest absolute Gasteiger partial charge is 0.198 e. The molecule has 0 radical (unpaired) electrons. The topological polar surface area (TPSA) is 33.4 Å². The summed E-state index contributed by atoms with van der Waals surface area (Å²) in [6.45, 7) is 0. The lowest BCUT2D eigenvalue weighted by atomic mass is 10.0. The van der Waals surface area contributed by atoms with E-state index < -0.39 is 6.10 Å². The third-order valence-corrected chi connectivity index (χ3v) is 2.86. The summed E-state index contributed by atoms with van der Waals surface area (Å²) in [4.78, 5) is 0. The van der Waals surface area contributed by atoms with E-state index in [2.05, 4.69) is 0 Å². The zero-order valence-corrected chi connectivity index (χ0v) is 9.52. The summed E-state index contributed by atoms with van der Waals surface area (Å²) < 4.78 is 4.94. The number of rotatable bonds is 4. The molecule has 1 heterocycles. The number of hydrogen-bond donors (Lipinski definition) is 1. The number of hydrogen-bond acceptors (Lipinski definition) is 2. The van der Waals surface area contributed by atoms with Crippen molar-refractivity contribution in [3.05, 3.63) is 59.0 Å². The second-order valence-electron chi connectivity index (χ2n) is 3.69. The van der Waals surface area contributed by atoms with Crippen LogP contribution >= 0.6 is 11.6 Å². The van der Waals surface area contributed by atoms with E-state index in [1.54, 1.807) is 6.07 Å². The van der Waals surface area contributed by atoms with E-state index in [1.807, 2.05) is 30.3 Å². The highest BCUT2D eigenvalue weighted by Gasteiger charge is 2.13. The lowest BCUT2D eigenvalue weighted by Gasteiger charge is -2.08. The van der Waals surface area contributed by atoms with Gasteiger partial charge in [0.25, 0.3) is 0 Å². The summed E-state index contributed by atoms with van der Waals surface area (Å²) in [7, 11) is 0. The first-order valence-electron chi connectivity index (χ1n) is 5.22. The van der Waals surface area contributed by atoms with Gasteiger partial charge in [-0.3, -0.25) is 0 Å². The van der Waals surface area contributed by atoms with Crippen molar-refractivity contribution in [2.75, 3.05) is 0 Å². The van der Waals surface area contributed by atoms with E-state index >= 15 is 0 Å². The number of halogens is 1. The molecule has 0 aliphatic carbocycles. The average Bonchev–Trinajstić information content (AvgIpc) is 2.74. The Kier molecular flexibility index (Phi) is 3.65. The van der Waals surface area contributed by atoms with Crippen LogP contribution in [-0.4, -0.2) is 5.11 Å². The SMILES string of the molecule is OC(CCc1ccccc1)c1ccoc1Cl. The molecule has 0 aliphatic heterocycles. The van der Waals surface area contributed by atoms with Crippen molar-refractivity contribution >= 4 is 11.6 Å². The summed E-state index contributed by atoms with van der Waals surface area (Å²) in [5, 5.41) is 10.2. The summed E-state index contributed by atoms with van der Waals surface area (Å²) in [5.74, 6) is 0. The van der Waals surface area contributed by atoms with E-state index in [1.165, 1.54) is 11.8 Å². The third kappa shape index (κ3) is 2.65. The van der Waals surface area contributed by atoms with E-state index in [9.17, 15) is 5.11 Å². The van der Waals surface area contributed by atoms with Crippen LogP contribution in [0, 0.1) is 0 Å². The molecule has 0 saturated heterocycles. The second-order valence-corrected chi connectivity index (χ2v) is 4.03. The van der Waals surface area contributed by atoms with Crippen LogP contribution < -0.4 is 0 Å². The zero-order valence-electron chi connectivity index (χ0n) is 8.77. The van der Waals surface area contributed by atoms with Gasteiger partial charge in [0.1, 0.15) is 0 Å². The number of aryl methyl sites for hydroxylation is 1. The third-order valence-electron chi connectivity index (χ3n) is 2.55. The van der Waals surface area contributed by atoms with Gasteiger partial charge in [0, 0.05) is 5.56 Å². The van der Waals surface area contributed by atoms with E-state index in [0.29, 0.717) is 12.0 Å². The minimum absolute atomic E-state index is 0.278. The Hall–Kier alpha value is -1.25. The Bertz CT molecular complexity index is 436. The molecule has 0 aliphatic rings. The summed E-state index contributed by atoms with van der Waals surface area (Å²) in [6.07, 6.45) is 2.39.